The van der Waals surface area contributed by atoms with Gasteiger partial charge in [0.1, 0.15) is 0 Å². The van der Waals surface area contributed by atoms with Crippen LogP contribution in [0.1, 0.15) is 0 Å². The summed E-state index contributed by atoms with van der Waals surface area (Å²) in [7, 11) is 12.8. The second kappa shape index (κ2) is 10.7. The van der Waals surface area contributed by atoms with Gasteiger partial charge in [0.15, 0.2) is 0 Å². The fourth-order valence-corrected chi connectivity index (χ4v) is 0.400. The minimum absolute atomic E-state index is 0.285. The first-order valence-electron chi connectivity index (χ1n) is 3.17. The van der Waals surface area contributed by atoms with Gasteiger partial charge in [0.25, 0.3) is 0 Å². The predicted molar refractivity (Wildman–Crippen MR) is 45.2 cm³/mol. The summed E-state index contributed by atoms with van der Waals surface area (Å²) in [6, 6.07) is 0. The van der Waals surface area contributed by atoms with E-state index in [-0.39, 0.29) is 14.4 Å². The van der Waals surface area contributed by atoms with Crippen LogP contribution < -0.4 is 0 Å². The average Bonchev–Trinajstić information content (AvgIpc) is 1.85. The molecule has 0 atom stereocenters. The van der Waals surface area contributed by atoms with Crippen molar-refractivity contribution in [2.24, 2.45) is 0 Å². The number of hydrogen-bond acceptors (Lipinski definition) is 3. The first-order chi connectivity index (χ1) is 5.04. The van der Waals surface area contributed by atoms with E-state index in [2.05, 4.69) is 48.1 Å². The summed E-state index contributed by atoms with van der Waals surface area (Å²) in [5.74, 6) is 0. The first-order valence-corrected chi connectivity index (χ1v) is 4.89. The zero-order valence-corrected chi connectivity index (χ0v) is 9.13. The molecule has 5 heteroatoms. The van der Waals surface area contributed by atoms with E-state index in [9.17, 15) is 0 Å². The van der Waals surface area contributed by atoms with Crippen LogP contribution in [0.4, 0.5) is 0 Å². The molecule has 1 N–H and O–H groups in total. The molecule has 0 aromatic heterocycles. The number of likely N-dealkylation sites (N-methyl/N-ethyl adjacent to an activating group) is 2. The quantitative estimate of drug-likeness (QED) is 0.706. The van der Waals surface area contributed by atoms with Crippen LogP contribution in [0, 0.1) is 0 Å². The van der Waals surface area contributed by atoms with Crippen LogP contribution >= 0.6 is 10.1 Å². The molecule has 0 unspecified atom stereocenters. The van der Waals surface area contributed by atoms with Gasteiger partial charge in [-0.3, -0.25) is 0 Å². The number of rotatable bonds is 3. The van der Waals surface area contributed by atoms with Crippen LogP contribution in [-0.4, -0.2) is 55.3 Å². The number of nitrogens with zero attached hydrogens (tertiary/aromatic N) is 2. The molecular weight excluding hydrogens is 215 g/mol. The summed E-state index contributed by atoms with van der Waals surface area (Å²) in [6.07, 6.45) is 0. The molecule has 0 saturated heterocycles. The Bertz CT molecular complexity index is 65.6. The van der Waals surface area contributed by atoms with Gasteiger partial charge in [0, 0.05) is 13.1 Å². The molecule has 0 bridgehead atoms. The first kappa shape index (κ1) is 14.2. The number of halogens is 1. The maximum atomic E-state index is 7.24. The van der Waals surface area contributed by atoms with E-state index >= 15 is 0 Å². The summed E-state index contributed by atoms with van der Waals surface area (Å²) in [5.41, 5.74) is 0. The molecule has 11 heavy (non-hydrogen) atoms. The third kappa shape index (κ3) is 24.9. The minimum atomic E-state index is 0.285. The number of hydrogen-bond donors (Lipinski definition) is 1. The average molecular weight is 232 g/mol. The normalized spacial score (nSPS) is 10.2. The summed E-state index contributed by atoms with van der Waals surface area (Å²) >= 11 is 0.285. The van der Waals surface area contributed by atoms with Gasteiger partial charge in [-0.1, -0.05) is 0 Å². The van der Waals surface area contributed by atoms with Crippen LogP contribution in [0.15, 0.2) is 0 Å². The molecule has 0 amide bonds. The standard InChI is InChI=1S/C6H16N2.ClH.Cu.H2O/c1-7(2)5-6-8(3)4;;;/h5-6H2,1-4H3;1H;;1H2/q;;+2;/p-2. The maximum absolute atomic E-state index is 7.24. The zero-order valence-electron chi connectivity index (χ0n) is 7.44. The second-order valence-electron chi connectivity index (χ2n) is 2.66. The molecule has 3 nitrogen and oxygen atoms in total. The van der Waals surface area contributed by atoms with Crippen LogP contribution in [0.25, 0.3) is 0 Å². The van der Waals surface area contributed by atoms with Gasteiger partial charge in [0.05, 0.1) is 0 Å². The van der Waals surface area contributed by atoms with Gasteiger partial charge < -0.3 is 9.80 Å². The Morgan fingerprint density at radius 1 is 1.09 bits per heavy atom. The molecule has 0 aliphatic rings. The van der Waals surface area contributed by atoms with Gasteiger partial charge in [-0.2, -0.15) is 0 Å². The monoisotopic (exact) mass is 231 g/mol. The molecule has 0 rings (SSSR count). The Kier molecular flexibility index (Phi) is 13.8. The summed E-state index contributed by atoms with van der Waals surface area (Å²) < 4.78 is 7.24. The summed E-state index contributed by atoms with van der Waals surface area (Å²) in [4.78, 5) is 4.36. The predicted octanol–water partition coefficient (Wildman–Crippen LogP) is 0.240. The molecule has 0 radical (unpaired) electrons. The van der Waals surface area contributed by atoms with Gasteiger partial charge in [0.2, 0.25) is 0 Å². The zero-order chi connectivity index (χ0) is 9.28. The van der Waals surface area contributed by atoms with E-state index in [0.717, 1.165) is 13.1 Å². The van der Waals surface area contributed by atoms with Crippen molar-refractivity contribution < 1.29 is 18.6 Å². The molecule has 0 aromatic rings. The van der Waals surface area contributed by atoms with Crippen LogP contribution in [0.3, 0.4) is 0 Å². The van der Waals surface area contributed by atoms with Gasteiger partial charge in [-0.15, -0.1) is 0 Å². The SMILES string of the molecule is CN(C)CCN(C)C.[OH][Cu][Cl]. The summed E-state index contributed by atoms with van der Waals surface area (Å²) in [6.45, 7) is 2.29. The van der Waals surface area contributed by atoms with Gasteiger partial charge >= 0.3 is 28.7 Å². The second-order valence-corrected chi connectivity index (χ2v) is 3.24. The fraction of sp³-hybridized carbons (Fsp3) is 1.00. The molecule has 0 aliphatic carbocycles. The molecule has 0 saturated carbocycles. The Labute approximate surface area is 80.0 Å². The van der Waals surface area contributed by atoms with Crippen molar-refractivity contribution in [3.05, 3.63) is 0 Å². The van der Waals surface area contributed by atoms with E-state index in [1.54, 1.807) is 0 Å². The molecule has 0 aromatic carbocycles. The molecule has 0 aliphatic heterocycles. The van der Waals surface area contributed by atoms with E-state index in [4.69, 9.17) is 4.19 Å². The Morgan fingerprint density at radius 3 is 1.36 bits per heavy atom. The molecule has 0 heterocycles. The van der Waals surface area contributed by atoms with E-state index < -0.39 is 0 Å². The van der Waals surface area contributed by atoms with Crippen molar-refractivity contribution in [3.8, 4) is 0 Å². The molecule has 0 spiro atoms. The van der Waals surface area contributed by atoms with Crippen LogP contribution in [0.5, 0.6) is 0 Å². The van der Waals surface area contributed by atoms with Crippen molar-refractivity contribution in [2.75, 3.05) is 41.3 Å². The van der Waals surface area contributed by atoms with Crippen molar-refractivity contribution in [1.82, 2.24) is 9.80 Å². The fourth-order valence-electron chi connectivity index (χ4n) is 0.400. The Hall–Kier alpha value is 0.689. The topological polar surface area (TPSA) is 26.7 Å². The van der Waals surface area contributed by atoms with Crippen molar-refractivity contribution >= 4 is 10.1 Å². The van der Waals surface area contributed by atoms with E-state index in [1.165, 1.54) is 0 Å². The van der Waals surface area contributed by atoms with Crippen molar-refractivity contribution in [2.45, 2.75) is 0 Å². The summed E-state index contributed by atoms with van der Waals surface area (Å²) in [5, 5.41) is 0. The Morgan fingerprint density at radius 2 is 1.27 bits per heavy atom. The van der Waals surface area contributed by atoms with Gasteiger partial charge in [-0.05, 0) is 28.2 Å². The van der Waals surface area contributed by atoms with E-state index in [1.807, 2.05) is 0 Å². The van der Waals surface area contributed by atoms with Crippen LogP contribution in [0.2, 0.25) is 0 Å². The van der Waals surface area contributed by atoms with E-state index in [0.29, 0.717) is 0 Å². The Balaban J connectivity index is 0. The molecule has 75 valence electrons. The van der Waals surface area contributed by atoms with Crippen molar-refractivity contribution in [1.29, 1.82) is 0 Å². The van der Waals surface area contributed by atoms with Crippen LogP contribution in [-0.2, 0) is 14.4 Å². The molecule has 0 fully saturated rings. The van der Waals surface area contributed by atoms with Crippen molar-refractivity contribution in [3.63, 3.8) is 0 Å². The van der Waals surface area contributed by atoms with Gasteiger partial charge in [-0.25, -0.2) is 0 Å². The third-order valence-corrected chi connectivity index (χ3v) is 0.994. The molecular formula is C6H17ClCuN2O. The third-order valence-electron chi connectivity index (χ3n) is 0.994.